The van der Waals surface area contributed by atoms with Crippen LogP contribution in [-0.2, 0) is 19.9 Å². The van der Waals surface area contributed by atoms with E-state index in [1.54, 1.807) is 0 Å². The van der Waals surface area contributed by atoms with Crippen molar-refractivity contribution in [1.82, 2.24) is 4.31 Å². The monoisotopic (exact) mass is 297 g/mol. The molecule has 1 saturated heterocycles. The molecule has 3 N–H and O–H groups in total. The normalized spacial score (nSPS) is 21.0. The third kappa shape index (κ3) is 3.92. The Morgan fingerprint density at radius 3 is 2.33 bits per heavy atom. The van der Waals surface area contributed by atoms with Crippen LogP contribution in [-0.4, -0.2) is 57.3 Å². The molecular formula is C9H19N3O4S2. The summed E-state index contributed by atoms with van der Waals surface area (Å²) in [4.78, 5) is 0. The fourth-order valence-corrected chi connectivity index (χ4v) is 5.30. The average Bonchev–Trinajstić information content (AvgIpc) is 2.25. The molecule has 0 radical (unpaired) electrons. The van der Waals surface area contributed by atoms with E-state index in [1.807, 2.05) is 0 Å². The van der Waals surface area contributed by atoms with Gasteiger partial charge in [0.1, 0.15) is 9.84 Å². The van der Waals surface area contributed by atoms with Crippen molar-refractivity contribution < 1.29 is 16.8 Å². The zero-order chi connectivity index (χ0) is 14.0. The summed E-state index contributed by atoms with van der Waals surface area (Å²) in [6.07, 6.45) is 0.477. The van der Waals surface area contributed by atoms with Crippen LogP contribution in [0.5, 0.6) is 0 Å². The molecule has 1 fully saturated rings. The van der Waals surface area contributed by atoms with Crippen LogP contribution in [0.15, 0.2) is 0 Å². The molecule has 0 amide bonds. The van der Waals surface area contributed by atoms with E-state index in [0.717, 1.165) is 4.31 Å². The highest BCUT2D eigenvalue weighted by molar-refractivity contribution is 7.92. The van der Waals surface area contributed by atoms with Crippen molar-refractivity contribution in [3.8, 4) is 0 Å². The molecule has 7 nitrogen and oxygen atoms in total. The molecule has 1 rings (SSSR count). The molecule has 1 aliphatic rings. The summed E-state index contributed by atoms with van der Waals surface area (Å²) < 4.78 is 47.9. The van der Waals surface area contributed by atoms with Crippen LogP contribution in [0.3, 0.4) is 0 Å². The van der Waals surface area contributed by atoms with Crippen LogP contribution in [0.2, 0.25) is 0 Å². The zero-order valence-electron chi connectivity index (χ0n) is 10.3. The summed E-state index contributed by atoms with van der Waals surface area (Å²) in [7, 11) is -5.12. The van der Waals surface area contributed by atoms with E-state index in [-0.39, 0.29) is 43.1 Å². The SMILES string of the molecule is CN(CCC(=N)N)S(=O)(=O)C1CCS(=O)(=O)CC1. The van der Waals surface area contributed by atoms with Crippen molar-refractivity contribution in [1.29, 1.82) is 5.41 Å². The van der Waals surface area contributed by atoms with Gasteiger partial charge in [0.2, 0.25) is 10.0 Å². The minimum Gasteiger partial charge on any atom is -0.388 e. The Hall–Kier alpha value is -0.670. The van der Waals surface area contributed by atoms with E-state index in [4.69, 9.17) is 11.1 Å². The first-order chi connectivity index (χ1) is 8.15. The predicted molar refractivity (Wildman–Crippen MR) is 69.8 cm³/mol. The summed E-state index contributed by atoms with van der Waals surface area (Å²) in [5.41, 5.74) is 5.18. The van der Waals surface area contributed by atoms with Crippen molar-refractivity contribution in [2.75, 3.05) is 25.1 Å². The highest BCUT2D eigenvalue weighted by atomic mass is 32.2. The number of sulfone groups is 1. The van der Waals surface area contributed by atoms with Gasteiger partial charge in [-0.1, -0.05) is 0 Å². The second kappa shape index (κ2) is 5.54. The van der Waals surface area contributed by atoms with Gasteiger partial charge in [-0.25, -0.2) is 21.1 Å². The third-order valence-corrected chi connectivity index (χ3v) is 7.13. The average molecular weight is 297 g/mol. The van der Waals surface area contributed by atoms with E-state index in [1.165, 1.54) is 7.05 Å². The van der Waals surface area contributed by atoms with E-state index in [0.29, 0.717) is 0 Å². The number of hydrogen-bond donors (Lipinski definition) is 2. The second-order valence-corrected chi connectivity index (χ2v) is 9.12. The van der Waals surface area contributed by atoms with Gasteiger partial charge in [-0.2, -0.15) is 0 Å². The standard InChI is InChI=1S/C9H19N3O4S2/c1-12(5-2-9(10)11)18(15,16)8-3-6-17(13,14)7-4-8/h8H,2-7H2,1H3,(H3,10,11). The summed E-state index contributed by atoms with van der Waals surface area (Å²) in [5.74, 6) is -0.210. The number of nitrogens with one attached hydrogen (secondary N) is 1. The van der Waals surface area contributed by atoms with E-state index in [2.05, 4.69) is 0 Å². The minimum atomic E-state index is -3.49. The van der Waals surface area contributed by atoms with E-state index in [9.17, 15) is 16.8 Å². The largest absolute Gasteiger partial charge is 0.388 e. The molecule has 0 aromatic rings. The second-order valence-electron chi connectivity index (χ2n) is 4.49. The van der Waals surface area contributed by atoms with Crippen LogP contribution in [0, 0.1) is 5.41 Å². The van der Waals surface area contributed by atoms with Crippen molar-refractivity contribution in [2.45, 2.75) is 24.5 Å². The molecule has 1 heterocycles. The van der Waals surface area contributed by atoms with Crippen LogP contribution in [0.25, 0.3) is 0 Å². The number of nitrogens with zero attached hydrogens (tertiary/aromatic N) is 1. The highest BCUT2D eigenvalue weighted by Gasteiger charge is 2.35. The van der Waals surface area contributed by atoms with Gasteiger partial charge in [-0.3, -0.25) is 5.41 Å². The smallest absolute Gasteiger partial charge is 0.216 e. The van der Waals surface area contributed by atoms with E-state index >= 15 is 0 Å². The van der Waals surface area contributed by atoms with Crippen LogP contribution in [0.4, 0.5) is 0 Å². The molecule has 0 spiro atoms. The number of sulfonamides is 1. The third-order valence-electron chi connectivity index (χ3n) is 3.05. The van der Waals surface area contributed by atoms with Gasteiger partial charge in [-0.15, -0.1) is 0 Å². The Labute approximate surface area is 108 Å². The van der Waals surface area contributed by atoms with Gasteiger partial charge in [0.25, 0.3) is 0 Å². The Morgan fingerprint density at radius 1 is 1.39 bits per heavy atom. The summed E-state index contributed by atoms with van der Waals surface area (Å²) in [6.45, 7) is 0.154. The van der Waals surface area contributed by atoms with Gasteiger partial charge in [0.15, 0.2) is 0 Å². The Bertz CT molecular complexity index is 498. The van der Waals surface area contributed by atoms with Crippen LogP contribution >= 0.6 is 0 Å². The predicted octanol–water partition coefficient (Wildman–Crippen LogP) is -0.849. The van der Waals surface area contributed by atoms with Gasteiger partial charge in [0, 0.05) is 20.0 Å². The molecule has 0 aromatic heterocycles. The molecule has 9 heteroatoms. The van der Waals surface area contributed by atoms with E-state index < -0.39 is 25.1 Å². The molecule has 0 aromatic carbocycles. The number of amidine groups is 1. The number of hydrogen-bond acceptors (Lipinski definition) is 5. The topological polar surface area (TPSA) is 121 Å². The fourth-order valence-electron chi connectivity index (χ4n) is 1.83. The quantitative estimate of drug-likeness (QED) is 0.506. The maximum absolute atomic E-state index is 12.1. The number of rotatable bonds is 5. The Balaban J connectivity index is 2.67. The molecule has 0 bridgehead atoms. The molecule has 1 aliphatic heterocycles. The first-order valence-corrected chi connectivity index (χ1v) is 8.96. The molecular weight excluding hydrogens is 278 g/mol. The summed E-state index contributed by atoms with van der Waals surface area (Å²) >= 11 is 0. The molecule has 106 valence electrons. The first-order valence-electron chi connectivity index (χ1n) is 5.63. The Morgan fingerprint density at radius 2 is 1.89 bits per heavy atom. The lowest BCUT2D eigenvalue weighted by molar-refractivity contribution is 0.458. The van der Waals surface area contributed by atoms with Crippen molar-refractivity contribution >= 4 is 25.7 Å². The minimum absolute atomic E-state index is 0.0664. The van der Waals surface area contributed by atoms with Crippen LogP contribution < -0.4 is 5.73 Å². The Kier molecular flexibility index (Phi) is 4.73. The highest BCUT2D eigenvalue weighted by Crippen LogP contribution is 2.21. The van der Waals surface area contributed by atoms with Crippen molar-refractivity contribution in [3.63, 3.8) is 0 Å². The van der Waals surface area contributed by atoms with Crippen molar-refractivity contribution in [2.24, 2.45) is 5.73 Å². The van der Waals surface area contributed by atoms with Crippen molar-refractivity contribution in [3.05, 3.63) is 0 Å². The first kappa shape index (κ1) is 15.4. The molecule has 0 atom stereocenters. The molecule has 18 heavy (non-hydrogen) atoms. The van der Waals surface area contributed by atoms with Gasteiger partial charge in [0.05, 0.1) is 22.6 Å². The summed E-state index contributed by atoms with van der Waals surface area (Å²) in [6, 6.07) is 0. The lowest BCUT2D eigenvalue weighted by Gasteiger charge is -2.27. The maximum Gasteiger partial charge on any atom is 0.216 e. The van der Waals surface area contributed by atoms with Gasteiger partial charge < -0.3 is 5.73 Å². The lowest BCUT2D eigenvalue weighted by atomic mass is 10.2. The molecule has 0 saturated carbocycles. The number of nitrogens with two attached hydrogens (primary N) is 1. The molecule has 0 unspecified atom stereocenters. The zero-order valence-corrected chi connectivity index (χ0v) is 11.9. The van der Waals surface area contributed by atoms with Gasteiger partial charge >= 0.3 is 0 Å². The maximum atomic E-state index is 12.1. The molecule has 0 aliphatic carbocycles. The lowest BCUT2D eigenvalue weighted by Crippen LogP contribution is -2.41. The van der Waals surface area contributed by atoms with Crippen LogP contribution in [0.1, 0.15) is 19.3 Å². The summed E-state index contributed by atoms with van der Waals surface area (Å²) in [5, 5.41) is 6.42. The fraction of sp³-hybridized carbons (Fsp3) is 0.889. The van der Waals surface area contributed by atoms with Gasteiger partial charge in [-0.05, 0) is 12.8 Å².